The maximum absolute atomic E-state index is 13.2. The maximum atomic E-state index is 13.2. The number of imidazole rings is 1. The fourth-order valence-electron chi connectivity index (χ4n) is 1.64. The van der Waals surface area contributed by atoms with Crippen molar-refractivity contribution in [2.45, 2.75) is 13.3 Å². The number of rotatable bonds is 3. The molecule has 0 bridgehead atoms. The molecule has 0 radical (unpaired) electrons. The zero-order chi connectivity index (χ0) is 12.4. The van der Waals surface area contributed by atoms with Crippen molar-refractivity contribution in [2.24, 2.45) is 5.73 Å². The van der Waals surface area contributed by atoms with E-state index in [4.69, 9.17) is 5.73 Å². The number of benzene rings is 1. The summed E-state index contributed by atoms with van der Waals surface area (Å²) in [6.45, 7) is 2.28. The highest BCUT2D eigenvalue weighted by Crippen LogP contribution is 2.27. The quantitative estimate of drug-likeness (QED) is 0.915. The normalized spacial score (nSPS) is 10.8. The highest BCUT2D eigenvalue weighted by molar-refractivity contribution is 9.10. The Morgan fingerprint density at radius 3 is 2.88 bits per heavy atom. The molecule has 0 saturated carbocycles. The van der Waals surface area contributed by atoms with Crippen LogP contribution in [0.3, 0.4) is 0 Å². The predicted octanol–water partition coefficient (Wildman–Crippen LogP) is 2.79. The van der Waals surface area contributed by atoms with Crippen molar-refractivity contribution >= 4 is 15.9 Å². The molecule has 1 aromatic heterocycles. The number of nitrogens with two attached hydrogens (primary N) is 1. The first-order chi connectivity index (χ1) is 8.11. The lowest BCUT2D eigenvalue weighted by molar-refractivity contribution is 0.619. The van der Waals surface area contributed by atoms with Crippen LogP contribution in [0.5, 0.6) is 0 Å². The third kappa shape index (κ3) is 2.56. The van der Waals surface area contributed by atoms with Crippen LogP contribution in [0.1, 0.15) is 11.4 Å². The minimum atomic E-state index is -0.206. The van der Waals surface area contributed by atoms with Crippen molar-refractivity contribution in [2.75, 3.05) is 6.54 Å². The van der Waals surface area contributed by atoms with Crippen LogP contribution in [-0.4, -0.2) is 16.5 Å². The lowest BCUT2D eigenvalue weighted by Gasteiger charge is -2.00. The number of aromatic amines is 1. The Bertz CT molecular complexity index is 537. The van der Waals surface area contributed by atoms with Crippen LogP contribution in [0.15, 0.2) is 22.8 Å². The molecule has 0 aliphatic rings. The van der Waals surface area contributed by atoms with E-state index in [-0.39, 0.29) is 5.82 Å². The second-order valence-electron chi connectivity index (χ2n) is 3.85. The van der Waals surface area contributed by atoms with Gasteiger partial charge in [0.25, 0.3) is 0 Å². The molecule has 3 nitrogen and oxygen atoms in total. The van der Waals surface area contributed by atoms with Crippen LogP contribution in [-0.2, 0) is 6.42 Å². The zero-order valence-corrected chi connectivity index (χ0v) is 11.0. The molecule has 3 N–H and O–H groups in total. The molecule has 1 heterocycles. The molecule has 0 spiro atoms. The maximum Gasteiger partial charge on any atom is 0.126 e. The molecule has 0 amide bonds. The van der Waals surface area contributed by atoms with Crippen molar-refractivity contribution < 1.29 is 4.39 Å². The van der Waals surface area contributed by atoms with E-state index < -0.39 is 0 Å². The van der Waals surface area contributed by atoms with E-state index in [2.05, 4.69) is 25.9 Å². The number of hydrogen-bond donors (Lipinski definition) is 2. The van der Waals surface area contributed by atoms with Gasteiger partial charge in [0, 0.05) is 12.0 Å². The van der Waals surface area contributed by atoms with Crippen LogP contribution in [0.25, 0.3) is 11.3 Å². The van der Waals surface area contributed by atoms with Crippen molar-refractivity contribution in [1.29, 1.82) is 0 Å². The summed E-state index contributed by atoms with van der Waals surface area (Å²) in [5.41, 5.74) is 7.76. The van der Waals surface area contributed by atoms with Gasteiger partial charge >= 0.3 is 0 Å². The van der Waals surface area contributed by atoms with E-state index in [1.165, 1.54) is 6.07 Å². The third-order valence-electron chi connectivity index (χ3n) is 2.52. The van der Waals surface area contributed by atoms with Gasteiger partial charge in [-0.1, -0.05) is 0 Å². The summed E-state index contributed by atoms with van der Waals surface area (Å²) < 4.78 is 14.0. The zero-order valence-electron chi connectivity index (χ0n) is 9.43. The van der Waals surface area contributed by atoms with E-state index in [9.17, 15) is 4.39 Å². The number of aryl methyl sites for hydroxylation is 1. The Hall–Kier alpha value is -1.20. The number of nitrogens with zero attached hydrogens (tertiary/aromatic N) is 1. The first-order valence-electron chi connectivity index (χ1n) is 5.33. The van der Waals surface area contributed by atoms with Gasteiger partial charge in [-0.3, -0.25) is 0 Å². The highest BCUT2D eigenvalue weighted by atomic mass is 79.9. The molecular weight excluding hydrogens is 285 g/mol. The van der Waals surface area contributed by atoms with E-state index in [1.54, 1.807) is 19.1 Å². The number of nitrogens with one attached hydrogen (secondary N) is 1. The SMILES string of the molecule is Cc1cc(-c2nc(CCN)[nH]c2Br)ccc1F. The molecule has 2 rings (SSSR count). The van der Waals surface area contributed by atoms with Crippen molar-refractivity contribution in [1.82, 2.24) is 9.97 Å². The van der Waals surface area contributed by atoms with E-state index >= 15 is 0 Å². The van der Waals surface area contributed by atoms with Crippen LogP contribution in [0.2, 0.25) is 0 Å². The molecule has 0 fully saturated rings. The summed E-state index contributed by atoms with van der Waals surface area (Å²) in [5, 5.41) is 0. The van der Waals surface area contributed by atoms with Crippen LogP contribution >= 0.6 is 15.9 Å². The second-order valence-corrected chi connectivity index (χ2v) is 4.64. The lowest BCUT2D eigenvalue weighted by Crippen LogP contribution is -2.03. The molecule has 1 aromatic carbocycles. The standard InChI is InChI=1S/C12H13BrFN3/c1-7-6-8(2-3-9(7)14)11-12(13)17-10(16-11)4-5-15/h2-3,6H,4-5,15H2,1H3,(H,16,17). The van der Waals surface area contributed by atoms with Gasteiger partial charge in [0.1, 0.15) is 21.9 Å². The Labute approximate surface area is 107 Å². The monoisotopic (exact) mass is 297 g/mol. The van der Waals surface area contributed by atoms with Crippen LogP contribution < -0.4 is 5.73 Å². The Balaban J connectivity index is 2.41. The minimum Gasteiger partial charge on any atom is -0.336 e. The first-order valence-corrected chi connectivity index (χ1v) is 6.12. The summed E-state index contributed by atoms with van der Waals surface area (Å²) in [6.07, 6.45) is 0.693. The minimum absolute atomic E-state index is 0.206. The van der Waals surface area contributed by atoms with Gasteiger partial charge in [-0.05, 0) is 53.2 Å². The van der Waals surface area contributed by atoms with Crippen molar-refractivity contribution in [3.63, 3.8) is 0 Å². The summed E-state index contributed by atoms with van der Waals surface area (Å²) in [5.74, 6) is 0.624. The van der Waals surface area contributed by atoms with E-state index in [0.717, 1.165) is 21.7 Å². The molecule has 2 aromatic rings. The molecule has 90 valence electrons. The molecule has 0 saturated heterocycles. The molecule has 5 heteroatoms. The summed E-state index contributed by atoms with van der Waals surface area (Å²) >= 11 is 3.41. The summed E-state index contributed by atoms with van der Waals surface area (Å²) in [4.78, 5) is 7.55. The van der Waals surface area contributed by atoms with Crippen molar-refractivity contribution in [3.8, 4) is 11.3 Å². The highest BCUT2D eigenvalue weighted by Gasteiger charge is 2.10. The Kier molecular flexibility index (Phi) is 3.59. The molecular formula is C12H13BrFN3. The van der Waals surface area contributed by atoms with Crippen molar-refractivity contribution in [3.05, 3.63) is 40.0 Å². The van der Waals surface area contributed by atoms with E-state index in [0.29, 0.717) is 18.5 Å². The van der Waals surface area contributed by atoms with Gasteiger partial charge in [0.05, 0.1) is 0 Å². The summed E-state index contributed by atoms with van der Waals surface area (Å²) in [6, 6.07) is 4.95. The number of hydrogen-bond acceptors (Lipinski definition) is 2. The largest absolute Gasteiger partial charge is 0.336 e. The fourth-order valence-corrected chi connectivity index (χ4v) is 2.18. The molecule has 0 unspecified atom stereocenters. The van der Waals surface area contributed by atoms with Crippen LogP contribution in [0, 0.1) is 12.7 Å². The molecule has 0 atom stereocenters. The Morgan fingerprint density at radius 1 is 1.47 bits per heavy atom. The molecule has 17 heavy (non-hydrogen) atoms. The van der Waals surface area contributed by atoms with Gasteiger partial charge < -0.3 is 10.7 Å². The average molecular weight is 298 g/mol. The van der Waals surface area contributed by atoms with Gasteiger partial charge in [-0.2, -0.15) is 0 Å². The second kappa shape index (κ2) is 4.98. The molecule has 0 aliphatic heterocycles. The topological polar surface area (TPSA) is 54.7 Å². The average Bonchev–Trinajstić information content (AvgIpc) is 2.64. The molecule has 0 aliphatic carbocycles. The van der Waals surface area contributed by atoms with Crippen LogP contribution in [0.4, 0.5) is 4.39 Å². The van der Waals surface area contributed by atoms with Gasteiger partial charge in [-0.15, -0.1) is 0 Å². The Morgan fingerprint density at radius 2 is 2.24 bits per heavy atom. The van der Waals surface area contributed by atoms with Gasteiger partial charge in [-0.25, -0.2) is 9.37 Å². The number of H-pyrrole nitrogens is 1. The number of aromatic nitrogens is 2. The predicted molar refractivity (Wildman–Crippen MR) is 69.2 cm³/mol. The smallest absolute Gasteiger partial charge is 0.126 e. The first kappa shape index (κ1) is 12.3. The number of halogens is 2. The summed E-state index contributed by atoms with van der Waals surface area (Å²) in [7, 11) is 0. The fraction of sp³-hybridized carbons (Fsp3) is 0.250. The lowest BCUT2D eigenvalue weighted by atomic mass is 10.1. The van der Waals surface area contributed by atoms with E-state index in [1.807, 2.05) is 0 Å². The van der Waals surface area contributed by atoms with Gasteiger partial charge in [0.2, 0.25) is 0 Å². The third-order valence-corrected chi connectivity index (χ3v) is 3.10. The van der Waals surface area contributed by atoms with Gasteiger partial charge in [0.15, 0.2) is 0 Å².